The van der Waals surface area contributed by atoms with Gasteiger partial charge in [0.05, 0.1) is 6.54 Å². The Morgan fingerprint density at radius 2 is 1.41 bits per heavy atom. The van der Waals surface area contributed by atoms with E-state index in [4.69, 9.17) is 44.3 Å². The maximum atomic E-state index is 14.0. The average molecular weight is 790 g/mol. The fourth-order valence-electron chi connectivity index (χ4n) is 7.83. The summed E-state index contributed by atoms with van der Waals surface area (Å²) in [6.45, 7) is 3.09. The number of likely N-dealkylation sites (tertiary alicyclic amines) is 2. The van der Waals surface area contributed by atoms with E-state index in [9.17, 15) is 14.4 Å². The van der Waals surface area contributed by atoms with Crippen molar-refractivity contribution in [2.24, 2.45) is 0 Å². The normalized spacial score (nSPS) is 16.1. The summed E-state index contributed by atoms with van der Waals surface area (Å²) < 4.78 is 11.8. The monoisotopic (exact) mass is 788 g/mol. The van der Waals surface area contributed by atoms with Crippen molar-refractivity contribution in [3.8, 4) is 16.9 Å². The summed E-state index contributed by atoms with van der Waals surface area (Å²) in [5.74, 6) is 0.616. The molecule has 2 aliphatic heterocycles. The first-order chi connectivity index (χ1) is 26.2. The van der Waals surface area contributed by atoms with E-state index in [1.54, 1.807) is 29.2 Å². The number of carbonyl (C=O) groups excluding carboxylic acids is 3. The van der Waals surface area contributed by atoms with E-state index in [1.807, 2.05) is 41.3 Å². The van der Waals surface area contributed by atoms with Crippen LogP contribution >= 0.6 is 34.8 Å². The van der Waals surface area contributed by atoms with Gasteiger partial charge in [-0.15, -0.1) is 0 Å². The number of rotatable bonds is 11. The van der Waals surface area contributed by atoms with Crippen molar-refractivity contribution in [1.29, 1.82) is 0 Å². The molecule has 0 bridgehead atoms. The molecule has 7 rings (SSSR count). The van der Waals surface area contributed by atoms with Crippen LogP contribution in [0.3, 0.4) is 0 Å². The summed E-state index contributed by atoms with van der Waals surface area (Å²) in [7, 11) is 0. The average Bonchev–Trinajstić information content (AvgIpc) is 3.84. The molecule has 9 nitrogen and oxygen atoms in total. The van der Waals surface area contributed by atoms with Crippen LogP contribution in [0.25, 0.3) is 11.1 Å². The number of alkyl carbamates (subject to hydrolysis) is 1. The summed E-state index contributed by atoms with van der Waals surface area (Å²) in [5, 5.41) is 7.32. The number of amides is 4. The minimum atomic E-state index is -0.772. The molecule has 4 aromatic rings. The molecule has 0 spiro atoms. The number of fused-ring (bicyclic) bond motifs is 3. The molecule has 0 radical (unpaired) electrons. The number of halogens is 3. The Hall–Kier alpha value is -4.44. The van der Waals surface area contributed by atoms with Crippen LogP contribution in [0.2, 0.25) is 15.1 Å². The largest absolute Gasteiger partial charge is 0.491 e. The van der Waals surface area contributed by atoms with Crippen LogP contribution in [-0.4, -0.2) is 79.8 Å². The molecule has 54 heavy (non-hydrogen) atoms. The fourth-order valence-corrected chi connectivity index (χ4v) is 8.48. The van der Waals surface area contributed by atoms with Crippen LogP contribution in [0, 0.1) is 0 Å². The van der Waals surface area contributed by atoms with E-state index < -0.39 is 12.1 Å². The van der Waals surface area contributed by atoms with Crippen molar-refractivity contribution in [3.63, 3.8) is 0 Å². The number of carbonyl (C=O) groups is 3. The van der Waals surface area contributed by atoms with E-state index in [-0.39, 0.29) is 50.0 Å². The number of ether oxygens (including phenoxy) is 2. The van der Waals surface area contributed by atoms with Gasteiger partial charge in [0.1, 0.15) is 25.0 Å². The van der Waals surface area contributed by atoms with Gasteiger partial charge in [0.15, 0.2) is 0 Å². The molecule has 0 aromatic heterocycles. The topological polar surface area (TPSA) is 100 Å². The molecule has 1 atom stereocenters. The van der Waals surface area contributed by atoms with Crippen molar-refractivity contribution in [2.75, 3.05) is 45.9 Å². The lowest BCUT2D eigenvalue weighted by Gasteiger charge is -2.35. The molecule has 2 saturated heterocycles. The molecule has 3 aliphatic rings. The third kappa shape index (κ3) is 8.75. The minimum absolute atomic E-state index is 0.0170. The lowest BCUT2D eigenvalue weighted by molar-refractivity contribution is -0.134. The third-order valence-corrected chi connectivity index (χ3v) is 11.4. The number of benzene rings is 4. The molecule has 2 N–H and O–H groups in total. The number of nitrogens with zero attached hydrogens (tertiary/aromatic N) is 2. The van der Waals surface area contributed by atoms with Gasteiger partial charge in [-0.25, -0.2) is 9.59 Å². The van der Waals surface area contributed by atoms with Crippen LogP contribution in [0.4, 0.5) is 9.59 Å². The Morgan fingerprint density at radius 1 is 0.759 bits per heavy atom. The van der Waals surface area contributed by atoms with Gasteiger partial charge in [-0.1, -0.05) is 95.5 Å². The van der Waals surface area contributed by atoms with Gasteiger partial charge in [0.25, 0.3) is 0 Å². The standard InChI is InChI=1S/C42H43Cl3N4O5/c43-29-12-11-28(37(45)24-29)23-38(47-41(51)49-18-5-6-19-49)40(50)48-20-15-27(16-21-48)31-14-13-30(44)25-39(31)53-22-17-46-42(52)54-26-36-34-9-3-1-7-32(34)33-8-2-4-10-35(33)36/h1-4,7-14,24-25,27,36,38H,5-6,15-23,26H2,(H,46,52)(H,47,51)/t38-/m1/s1. The van der Waals surface area contributed by atoms with Gasteiger partial charge in [-0.05, 0) is 89.2 Å². The van der Waals surface area contributed by atoms with Crippen LogP contribution in [0.5, 0.6) is 5.75 Å². The summed E-state index contributed by atoms with van der Waals surface area (Å²) >= 11 is 19.0. The lowest BCUT2D eigenvalue weighted by atomic mass is 9.88. The smallest absolute Gasteiger partial charge is 0.407 e. The fraction of sp³-hybridized carbons (Fsp3) is 0.357. The summed E-state index contributed by atoms with van der Waals surface area (Å²) in [5.41, 5.74) is 6.41. The third-order valence-electron chi connectivity index (χ3n) is 10.6. The summed E-state index contributed by atoms with van der Waals surface area (Å²) in [4.78, 5) is 43.4. The van der Waals surface area contributed by atoms with E-state index in [2.05, 4.69) is 34.9 Å². The zero-order valence-electron chi connectivity index (χ0n) is 29.9. The Labute approximate surface area is 330 Å². The molecule has 1 aliphatic carbocycles. The van der Waals surface area contributed by atoms with Crippen LogP contribution in [0.15, 0.2) is 84.9 Å². The second-order valence-electron chi connectivity index (χ2n) is 14.0. The molecule has 2 fully saturated rings. The minimum Gasteiger partial charge on any atom is -0.491 e. The van der Waals surface area contributed by atoms with Crippen LogP contribution in [0.1, 0.15) is 59.8 Å². The highest BCUT2D eigenvalue weighted by atomic mass is 35.5. The molecular formula is C42H43Cl3N4O5. The van der Waals surface area contributed by atoms with Crippen molar-refractivity contribution in [2.45, 2.75) is 50.0 Å². The number of hydrogen-bond acceptors (Lipinski definition) is 5. The van der Waals surface area contributed by atoms with Crippen molar-refractivity contribution >= 4 is 52.8 Å². The van der Waals surface area contributed by atoms with E-state index >= 15 is 0 Å². The Kier molecular flexibility index (Phi) is 12.2. The van der Waals surface area contributed by atoms with E-state index in [1.165, 1.54) is 11.1 Å². The molecular weight excluding hydrogens is 747 g/mol. The predicted octanol–water partition coefficient (Wildman–Crippen LogP) is 8.69. The predicted molar refractivity (Wildman–Crippen MR) is 212 cm³/mol. The van der Waals surface area contributed by atoms with Crippen molar-refractivity contribution < 1.29 is 23.9 Å². The number of hydrogen-bond donors (Lipinski definition) is 2. The maximum absolute atomic E-state index is 14.0. The van der Waals surface area contributed by atoms with Gasteiger partial charge in [0, 0.05) is 53.6 Å². The first kappa shape index (κ1) is 37.9. The molecule has 0 saturated carbocycles. The molecule has 4 amide bonds. The highest BCUT2D eigenvalue weighted by molar-refractivity contribution is 6.35. The highest BCUT2D eigenvalue weighted by Crippen LogP contribution is 2.44. The van der Waals surface area contributed by atoms with E-state index in [0.29, 0.717) is 59.8 Å². The molecule has 2 heterocycles. The van der Waals surface area contributed by atoms with Crippen LogP contribution < -0.4 is 15.4 Å². The van der Waals surface area contributed by atoms with Gasteiger partial charge in [0.2, 0.25) is 5.91 Å². The van der Waals surface area contributed by atoms with E-state index in [0.717, 1.165) is 35.1 Å². The molecule has 4 aromatic carbocycles. The Balaban J connectivity index is 0.920. The van der Waals surface area contributed by atoms with Gasteiger partial charge >= 0.3 is 12.1 Å². The van der Waals surface area contributed by atoms with Crippen molar-refractivity contribution in [3.05, 3.63) is 122 Å². The van der Waals surface area contributed by atoms with Crippen LogP contribution in [-0.2, 0) is 16.0 Å². The second-order valence-corrected chi connectivity index (χ2v) is 15.3. The molecule has 12 heteroatoms. The zero-order valence-corrected chi connectivity index (χ0v) is 32.1. The quantitative estimate of drug-likeness (QED) is 0.148. The highest BCUT2D eigenvalue weighted by Gasteiger charge is 2.33. The zero-order chi connectivity index (χ0) is 37.6. The summed E-state index contributed by atoms with van der Waals surface area (Å²) in [6.07, 6.45) is 3.07. The second kappa shape index (κ2) is 17.4. The molecule has 0 unspecified atom stereocenters. The number of nitrogens with one attached hydrogen (secondary N) is 2. The molecule has 282 valence electrons. The number of urea groups is 1. The SMILES string of the molecule is O=C(NCCOc1cc(Cl)ccc1C1CCN(C(=O)[C@@H](Cc2ccc(Cl)cc2Cl)NC(=O)N2CCCC2)CC1)OCC1c2ccccc2-c2ccccc21. The summed E-state index contributed by atoms with van der Waals surface area (Å²) in [6, 6.07) is 26.2. The lowest BCUT2D eigenvalue weighted by Crippen LogP contribution is -2.54. The maximum Gasteiger partial charge on any atom is 0.407 e. The Bertz CT molecular complexity index is 1950. The number of piperidine rings is 1. The van der Waals surface area contributed by atoms with Gasteiger partial charge in [-0.2, -0.15) is 0 Å². The van der Waals surface area contributed by atoms with Gasteiger partial charge < -0.3 is 29.9 Å². The van der Waals surface area contributed by atoms with Crippen molar-refractivity contribution in [1.82, 2.24) is 20.4 Å². The first-order valence-electron chi connectivity index (χ1n) is 18.5. The Morgan fingerprint density at radius 3 is 2.09 bits per heavy atom. The van der Waals surface area contributed by atoms with Gasteiger partial charge in [-0.3, -0.25) is 4.79 Å². The first-order valence-corrected chi connectivity index (χ1v) is 19.7.